The molecule has 1 aliphatic carbocycles. The van der Waals surface area contributed by atoms with Gasteiger partial charge in [0.25, 0.3) is 0 Å². The summed E-state index contributed by atoms with van der Waals surface area (Å²) < 4.78 is 1.83. The zero-order valence-corrected chi connectivity index (χ0v) is 12.5. The molecule has 102 valence electrons. The Morgan fingerprint density at radius 2 is 2.17 bits per heavy atom. The molecule has 1 aromatic heterocycles. The van der Waals surface area contributed by atoms with Crippen molar-refractivity contribution >= 4 is 11.6 Å². The summed E-state index contributed by atoms with van der Waals surface area (Å²) in [7, 11) is 0. The van der Waals surface area contributed by atoms with Crippen molar-refractivity contribution in [3.63, 3.8) is 0 Å². The average molecular weight is 271 g/mol. The van der Waals surface area contributed by atoms with Gasteiger partial charge >= 0.3 is 0 Å². The van der Waals surface area contributed by atoms with E-state index in [9.17, 15) is 5.11 Å². The second-order valence-electron chi connectivity index (χ2n) is 6.35. The first-order chi connectivity index (χ1) is 8.30. The maximum absolute atomic E-state index is 11.1. The monoisotopic (exact) mass is 270 g/mol. The summed E-state index contributed by atoms with van der Waals surface area (Å²) in [4.78, 5) is 0. The van der Waals surface area contributed by atoms with Gasteiger partial charge in [-0.05, 0) is 37.5 Å². The van der Waals surface area contributed by atoms with Crippen LogP contribution in [0, 0.1) is 11.3 Å². The smallest absolute Gasteiger partial charge is 0.110 e. The first-order valence-electron chi connectivity index (χ1n) is 6.74. The molecule has 0 aliphatic heterocycles. The van der Waals surface area contributed by atoms with Crippen LogP contribution in [0.4, 0.5) is 0 Å². The number of aromatic nitrogens is 2. The molecule has 2 rings (SSSR count). The van der Waals surface area contributed by atoms with Gasteiger partial charge in [-0.25, -0.2) is 0 Å². The number of halogens is 1. The maximum atomic E-state index is 11.1. The Kier molecular flexibility index (Phi) is 3.50. The normalized spacial score (nSPS) is 31.6. The molecule has 1 fully saturated rings. The predicted molar refractivity (Wildman–Crippen MR) is 73.6 cm³/mol. The van der Waals surface area contributed by atoms with Crippen molar-refractivity contribution in [2.24, 2.45) is 11.3 Å². The van der Waals surface area contributed by atoms with E-state index < -0.39 is 5.60 Å². The van der Waals surface area contributed by atoms with Crippen LogP contribution >= 0.6 is 11.6 Å². The van der Waals surface area contributed by atoms with Crippen LogP contribution in [0.2, 0.25) is 5.02 Å². The van der Waals surface area contributed by atoms with E-state index in [2.05, 4.69) is 25.9 Å². The first-order valence-corrected chi connectivity index (χ1v) is 7.12. The molecule has 0 amide bonds. The largest absolute Gasteiger partial charge is 0.383 e. The summed E-state index contributed by atoms with van der Waals surface area (Å²) in [5.74, 6) is 0.195. The van der Waals surface area contributed by atoms with Gasteiger partial charge in [0, 0.05) is 6.54 Å². The topological polar surface area (TPSA) is 38.0 Å². The van der Waals surface area contributed by atoms with Gasteiger partial charge in [-0.15, -0.1) is 0 Å². The molecule has 2 unspecified atom stereocenters. The molecule has 1 heterocycles. The van der Waals surface area contributed by atoms with Crippen LogP contribution in [0.5, 0.6) is 0 Å². The van der Waals surface area contributed by atoms with Gasteiger partial charge in [0.15, 0.2) is 0 Å². The predicted octanol–water partition coefficient (Wildman–Crippen LogP) is 3.59. The van der Waals surface area contributed by atoms with Crippen molar-refractivity contribution in [2.45, 2.75) is 59.1 Å². The molecule has 1 N–H and O–H groups in total. The van der Waals surface area contributed by atoms with Gasteiger partial charge in [0.1, 0.15) is 5.60 Å². The lowest BCUT2D eigenvalue weighted by Gasteiger charge is -2.45. The summed E-state index contributed by atoms with van der Waals surface area (Å²) >= 11 is 6.24. The molecule has 1 aliphatic rings. The summed E-state index contributed by atoms with van der Waals surface area (Å²) in [6, 6.07) is 0. The highest BCUT2D eigenvalue weighted by Gasteiger charge is 2.46. The highest BCUT2D eigenvalue weighted by molar-refractivity contribution is 6.31. The number of rotatable bonds is 2. The van der Waals surface area contributed by atoms with Crippen LogP contribution < -0.4 is 0 Å². The number of aliphatic hydroxyl groups is 1. The number of hydrogen-bond donors (Lipinski definition) is 1. The Balaban J connectivity index is 2.39. The molecule has 3 nitrogen and oxygen atoms in total. The zero-order chi connectivity index (χ0) is 13.6. The van der Waals surface area contributed by atoms with E-state index in [0.29, 0.717) is 10.4 Å². The van der Waals surface area contributed by atoms with Crippen LogP contribution in [0.3, 0.4) is 0 Å². The fraction of sp³-hybridized carbons (Fsp3) is 0.786. The highest BCUT2D eigenvalue weighted by atomic mass is 35.5. The molecule has 0 spiro atoms. The first kappa shape index (κ1) is 13.9. The van der Waals surface area contributed by atoms with Crippen molar-refractivity contribution in [3.8, 4) is 0 Å². The summed E-state index contributed by atoms with van der Waals surface area (Å²) in [5.41, 5.74) is 0.267. The lowest BCUT2D eigenvalue weighted by molar-refractivity contribution is -0.0827. The Morgan fingerprint density at radius 3 is 2.72 bits per heavy atom. The second-order valence-corrected chi connectivity index (χ2v) is 6.76. The minimum absolute atomic E-state index is 0.195. The SMILES string of the molecule is CCn1ncc(Cl)c1C1(O)CCC(C)(C)CC1C. The van der Waals surface area contributed by atoms with Crippen molar-refractivity contribution in [3.05, 3.63) is 16.9 Å². The van der Waals surface area contributed by atoms with E-state index in [1.165, 1.54) is 0 Å². The van der Waals surface area contributed by atoms with E-state index in [-0.39, 0.29) is 5.92 Å². The van der Waals surface area contributed by atoms with Crippen LogP contribution in [-0.2, 0) is 12.1 Å². The second kappa shape index (κ2) is 4.53. The van der Waals surface area contributed by atoms with Gasteiger partial charge in [0.2, 0.25) is 0 Å². The fourth-order valence-corrected chi connectivity index (χ4v) is 3.56. The molecule has 2 atom stereocenters. The lowest BCUT2D eigenvalue weighted by atomic mass is 9.64. The van der Waals surface area contributed by atoms with Crippen molar-refractivity contribution < 1.29 is 5.11 Å². The van der Waals surface area contributed by atoms with Crippen LogP contribution in [0.15, 0.2) is 6.20 Å². The third-order valence-corrected chi connectivity index (χ3v) is 4.64. The molecule has 0 radical (unpaired) electrons. The van der Waals surface area contributed by atoms with Gasteiger partial charge in [-0.2, -0.15) is 5.10 Å². The molecule has 0 bridgehead atoms. The highest BCUT2D eigenvalue weighted by Crippen LogP contribution is 2.49. The van der Waals surface area contributed by atoms with E-state index in [1.807, 2.05) is 11.6 Å². The van der Waals surface area contributed by atoms with Crippen molar-refractivity contribution in [2.75, 3.05) is 0 Å². The number of nitrogens with zero attached hydrogens (tertiary/aromatic N) is 2. The quantitative estimate of drug-likeness (QED) is 0.892. The van der Waals surface area contributed by atoms with Crippen LogP contribution in [-0.4, -0.2) is 14.9 Å². The Bertz CT molecular complexity index is 441. The molecule has 1 aromatic rings. The van der Waals surface area contributed by atoms with E-state index in [4.69, 9.17) is 11.6 Å². The minimum atomic E-state index is -0.834. The van der Waals surface area contributed by atoms with Crippen molar-refractivity contribution in [1.29, 1.82) is 0 Å². The number of hydrogen-bond acceptors (Lipinski definition) is 2. The summed E-state index contributed by atoms with van der Waals surface area (Å²) in [6.07, 6.45) is 4.42. The molecule has 0 saturated heterocycles. The molecule has 18 heavy (non-hydrogen) atoms. The van der Waals surface area contributed by atoms with E-state index >= 15 is 0 Å². The van der Waals surface area contributed by atoms with Gasteiger partial charge < -0.3 is 5.11 Å². The third kappa shape index (κ3) is 2.19. The Morgan fingerprint density at radius 1 is 1.50 bits per heavy atom. The number of aryl methyl sites for hydroxylation is 1. The average Bonchev–Trinajstić information content (AvgIpc) is 2.66. The molecular formula is C14H23ClN2O. The van der Waals surface area contributed by atoms with Gasteiger partial charge in [0.05, 0.1) is 16.9 Å². The minimum Gasteiger partial charge on any atom is -0.383 e. The van der Waals surface area contributed by atoms with Crippen LogP contribution in [0.25, 0.3) is 0 Å². The lowest BCUT2D eigenvalue weighted by Crippen LogP contribution is -2.43. The fourth-order valence-electron chi connectivity index (χ4n) is 3.26. The zero-order valence-electron chi connectivity index (χ0n) is 11.7. The van der Waals surface area contributed by atoms with Crippen molar-refractivity contribution in [1.82, 2.24) is 9.78 Å². The van der Waals surface area contributed by atoms with Gasteiger partial charge in [-0.1, -0.05) is 32.4 Å². The molecule has 4 heteroatoms. The summed E-state index contributed by atoms with van der Waals surface area (Å²) in [6.45, 7) is 9.40. The van der Waals surface area contributed by atoms with Gasteiger partial charge in [-0.3, -0.25) is 4.68 Å². The molecule has 1 saturated carbocycles. The Labute approximate surface area is 114 Å². The standard InChI is InChI=1S/C14H23ClN2O/c1-5-17-12(11(15)9-16-17)14(18)7-6-13(3,4)8-10(14)2/h9-10,18H,5-8H2,1-4H3. The maximum Gasteiger partial charge on any atom is 0.110 e. The Hall–Kier alpha value is -0.540. The third-order valence-electron chi connectivity index (χ3n) is 4.36. The molecular weight excluding hydrogens is 248 g/mol. The van der Waals surface area contributed by atoms with E-state index in [1.54, 1.807) is 6.20 Å². The molecule has 0 aromatic carbocycles. The van der Waals surface area contributed by atoms with E-state index in [0.717, 1.165) is 31.5 Å². The summed E-state index contributed by atoms with van der Waals surface area (Å²) in [5, 5.41) is 15.9. The van der Waals surface area contributed by atoms with Crippen LogP contribution in [0.1, 0.15) is 52.7 Å².